The first-order chi connectivity index (χ1) is 7.22. The topological polar surface area (TPSA) is 47.3 Å². The van der Waals surface area contributed by atoms with Crippen LogP contribution in [0.2, 0.25) is 0 Å². The van der Waals surface area contributed by atoms with Crippen LogP contribution in [0.15, 0.2) is 0 Å². The predicted molar refractivity (Wildman–Crippen MR) is 58.2 cm³/mol. The van der Waals surface area contributed by atoms with Gasteiger partial charge >= 0.3 is 6.03 Å². The lowest BCUT2D eigenvalue weighted by atomic mass is 10.0. The molecule has 0 radical (unpaired) electrons. The van der Waals surface area contributed by atoms with Crippen molar-refractivity contribution in [1.29, 1.82) is 5.26 Å². The first-order valence-corrected chi connectivity index (χ1v) is 5.66. The van der Waals surface area contributed by atoms with Gasteiger partial charge in [-0.05, 0) is 26.7 Å². The summed E-state index contributed by atoms with van der Waals surface area (Å²) < 4.78 is 0. The van der Waals surface area contributed by atoms with Crippen LogP contribution in [-0.4, -0.2) is 42.0 Å². The quantitative estimate of drug-likeness (QED) is 0.694. The maximum absolute atomic E-state index is 12.0. The number of nitriles is 1. The summed E-state index contributed by atoms with van der Waals surface area (Å²) in [5, 5.41) is 8.84. The number of carbonyl (C=O) groups is 1. The van der Waals surface area contributed by atoms with Crippen LogP contribution in [0.4, 0.5) is 4.79 Å². The number of hydrogen-bond donors (Lipinski definition) is 0. The second-order valence-corrected chi connectivity index (χ2v) is 3.87. The van der Waals surface area contributed by atoms with Gasteiger partial charge in [0.25, 0.3) is 0 Å². The maximum Gasteiger partial charge on any atom is 0.320 e. The Morgan fingerprint density at radius 1 is 1.53 bits per heavy atom. The Morgan fingerprint density at radius 3 is 2.73 bits per heavy atom. The first-order valence-electron chi connectivity index (χ1n) is 5.66. The van der Waals surface area contributed by atoms with Crippen molar-refractivity contribution in [2.75, 3.05) is 26.2 Å². The average molecular weight is 209 g/mol. The van der Waals surface area contributed by atoms with Crippen molar-refractivity contribution in [3.8, 4) is 6.07 Å². The van der Waals surface area contributed by atoms with Crippen LogP contribution in [-0.2, 0) is 0 Å². The SMILES string of the molecule is CCN(CC)C(=O)N1CCCC(C#N)C1. The zero-order chi connectivity index (χ0) is 11.3. The highest BCUT2D eigenvalue weighted by Gasteiger charge is 2.25. The average Bonchev–Trinajstić information content (AvgIpc) is 2.30. The molecular weight excluding hydrogens is 190 g/mol. The molecule has 1 atom stereocenters. The molecule has 0 aromatic carbocycles. The van der Waals surface area contributed by atoms with Crippen molar-refractivity contribution in [2.45, 2.75) is 26.7 Å². The molecule has 1 aliphatic rings. The van der Waals surface area contributed by atoms with E-state index in [1.807, 2.05) is 18.7 Å². The van der Waals surface area contributed by atoms with Gasteiger partial charge in [-0.2, -0.15) is 5.26 Å². The number of hydrogen-bond acceptors (Lipinski definition) is 2. The van der Waals surface area contributed by atoms with Crippen molar-refractivity contribution in [3.05, 3.63) is 0 Å². The van der Waals surface area contributed by atoms with Gasteiger partial charge in [-0.3, -0.25) is 0 Å². The minimum atomic E-state index is 0.0262. The molecule has 0 saturated carbocycles. The zero-order valence-electron chi connectivity index (χ0n) is 9.57. The molecule has 4 nitrogen and oxygen atoms in total. The molecule has 84 valence electrons. The smallest absolute Gasteiger partial charge is 0.320 e. The lowest BCUT2D eigenvalue weighted by Crippen LogP contribution is -2.47. The van der Waals surface area contributed by atoms with Crippen LogP contribution in [0, 0.1) is 17.2 Å². The number of carbonyl (C=O) groups excluding carboxylic acids is 1. The summed E-state index contributed by atoms with van der Waals surface area (Å²) in [6.45, 7) is 6.84. The van der Waals surface area contributed by atoms with E-state index in [0.717, 1.165) is 32.5 Å². The summed E-state index contributed by atoms with van der Waals surface area (Å²) in [6.07, 6.45) is 1.88. The summed E-state index contributed by atoms with van der Waals surface area (Å²) in [6, 6.07) is 2.33. The third-order valence-electron chi connectivity index (χ3n) is 2.91. The summed E-state index contributed by atoms with van der Waals surface area (Å²) in [4.78, 5) is 15.6. The van der Waals surface area contributed by atoms with Crippen molar-refractivity contribution in [3.63, 3.8) is 0 Å². The van der Waals surface area contributed by atoms with Gasteiger partial charge in [-0.25, -0.2) is 4.79 Å². The van der Waals surface area contributed by atoms with Gasteiger partial charge in [0.2, 0.25) is 0 Å². The molecule has 1 fully saturated rings. The molecule has 2 amide bonds. The minimum absolute atomic E-state index is 0.0262. The predicted octanol–water partition coefficient (Wildman–Crippen LogP) is 1.68. The largest absolute Gasteiger partial charge is 0.325 e. The summed E-state index contributed by atoms with van der Waals surface area (Å²) >= 11 is 0. The molecule has 0 N–H and O–H groups in total. The van der Waals surface area contributed by atoms with E-state index in [-0.39, 0.29) is 11.9 Å². The molecule has 1 rings (SSSR count). The van der Waals surface area contributed by atoms with Crippen molar-refractivity contribution < 1.29 is 4.79 Å². The van der Waals surface area contributed by atoms with E-state index in [0.29, 0.717) is 6.54 Å². The lowest BCUT2D eigenvalue weighted by molar-refractivity contribution is 0.140. The van der Waals surface area contributed by atoms with E-state index in [4.69, 9.17) is 5.26 Å². The van der Waals surface area contributed by atoms with Crippen LogP contribution in [0.25, 0.3) is 0 Å². The third-order valence-corrected chi connectivity index (χ3v) is 2.91. The molecule has 0 aromatic rings. The molecule has 1 saturated heterocycles. The highest BCUT2D eigenvalue weighted by atomic mass is 16.2. The highest BCUT2D eigenvalue weighted by molar-refractivity contribution is 5.74. The Bertz CT molecular complexity index is 255. The van der Waals surface area contributed by atoms with E-state index in [9.17, 15) is 4.79 Å². The molecule has 0 aromatic heterocycles. The standard InChI is InChI=1S/C11H19N3O/c1-3-13(4-2)11(15)14-7-5-6-10(8-12)9-14/h10H,3-7,9H2,1-2H3. The Balaban J connectivity index is 2.56. The number of amides is 2. The molecule has 0 bridgehead atoms. The minimum Gasteiger partial charge on any atom is -0.325 e. The van der Waals surface area contributed by atoms with Crippen LogP contribution < -0.4 is 0 Å². The van der Waals surface area contributed by atoms with Gasteiger partial charge in [0.05, 0.1) is 12.0 Å². The van der Waals surface area contributed by atoms with Gasteiger partial charge in [0.1, 0.15) is 0 Å². The van der Waals surface area contributed by atoms with E-state index in [1.54, 1.807) is 4.90 Å². The third kappa shape index (κ3) is 2.85. The molecule has 0 spiro atoms. The Morgan fingerprint density at radius 2 is 2.20 bits per heavy atom. The van der Waals surface area contributed by atoms with Crippen LogP contribution in [0.5, 0.6) is 0 Å². The Kier molecular flexibility index (Phi) is 4.41. The second-order valence-electron chi connectivity index (χ2n) is 3.87. The van der Waals surface area contributed by atoms with Crippen molar-refractivity contribution in [1.82, 2.24) is 9.80 Å². The number of piperidine rings is 1. The molecular formula is C11H19N3O. The maximum atomic E-state index is 12.0. The molecule has 0 aliphatic carbocycles. The van der Waals surface area contributed by atoms with E-state index in [2.05, 4.69) is 6.07 Å². The fourth-order valence-corrected chi connectivity index (χ4v) is 1.95. The summed E-state index contributed by atoms with van der Waals surface area (Å²) in [5.74, 6) is 0.0262. The van der Waals surface area contributed by atoms with Gasteiger partial charge < -0.3 is 9.80 Å². The summed E-state index contributed by atoms with van der Waals surface area (Å²) in [5.41, 5.74) is 0. The molecule has 1 aliphatic heterocycles. The molecule has 1 heterocycles. The number of nitrogens with zero attached hydrogens (tertiary/aromatic N) is 3. The normalized spacial score (nSPS) is 20.9. The highest BCUT2D eigenvalue weighted by Crippen LogP contribution is 2.16. The molecule has 1 unspecified atom stereocenters. The van der Waals surface area contributed by atoms with Crippen molar-refractivity contribution >= 4 is 6.03 Å². The van der Waals surface area contributed by atoms with Gasteiger partial charge in [0, 0.05) is 26.2 Å². The zero-order valence-corrected chi connectivity index (χ0v) is 9.57. The van der Waals surface area contributed by atoms with Crippen LogP contribution in [0.3, 0.4) is 0 Å². The molecule has 15 heavy (non-hydrogen) atoms. The van der Waals surface area contributed by atoms with E-state index < -0.39 is 0 Å². The fourth-order valence-electron chi connectivity index (χ4n) is 1.95. The van der Waals surface area contributed by atoms with Crippen LogP contribution >= 0.6 is 0 Å². The Labute approximate surface area is 91.5 Å². The van der Waals surface area contributed by atoms with Crippen LogP contribution in [0.1, 0.15) is 26.7 Å². The van der Waals surface area contributed by atoms with E-state index in [1.165, 1.54) is 0 Å². The second kappa shape index (κ2) is 5.59. The van der Waals surface area contributed by atoms with Gasteiger partial charge in [0.15, 0.2) is 0 Å². The fraction of sp³-hybridized carbons (Fsp3) is 0.818. The first kappa shape index (κ1) is 11.8. The summed E-state index contributed by atoms with van der Waals surface area (Å²) in [7, 11) is 0. The van der Waals surface area contributed by atoms with Gasteiger partial charge in [-0.1, -0.05) is 0 Å². The Hall–Kier alpha value is -1.24. The number of urea groups is 1. The number of rotatable bonds is 2. The monoisotopic (exact) mass is 209 g/mol. The van der Waals surface area contributed by atoms with E-state index >= 15 is 0 Å². The number of likely N-dealkylation sites (tertiary alicyclic amines) is 1. The molecule has 4 heteroatoms. The van der Waals surface area contributed by atoms with Gasteiger partial charge in [-0.15, -0.1) is 0 Å². The lowest BCUT2D eigenvalue weighted by Gasteiger charge is -2.33. The van der Waals surface area contributed by atoms with Crippen molar-refractivity contribution in [2.24, 2.45) is 5.92 Å².